The number of thiazole rings is 1. The largest absolute Gasteiger partial charge is 0.273 e. The number of nitrogens with zero attached hydrogens (tertiary/aromatic N) is 1. The van der Waals surface area contributed by atoms with Crippen molar-refractivity contribution < 1.29 is 8.42 Å². The van der Waals surface area contributed by atoms with Crippen LogP contribution in [0, 0.1) is 0 Å². The number of rotatable bonds is 4. The Hall–Kier alpha value is -1.44. The standard InChI is InChI=1S/C13H12N2O2S3/c1-2-9-5-6-10-11(8-9)19-13(14-10)15-20(16,17)12-4-3-7-18-12/h3-8H,2H2,1H3,(H,14,15). The van der Waals surface area contributed by atoms with E-state index in [1.54, 1.807) is 17.5 Å². The van der Waals surface area contributed by atoms with E-state index in [0.29, 0.717) is 9.34 Å². The SMILES string of the molecule is CCc1ccc2nc(NS(=O)(=O)c3cccs3)sc2c1. The van der Waals surface area contributed by atoms with Crippen LogP contribution in [0.15, 0.2) is 39.9 Å². The third-order valence-corrected chi connectivity index (χ3v) is 6.64. The topological polar surface area (TPSA) is 59.1 Å². The predicted octanol–water partition coefficient (Wildman–Crippen LogP) is 3.72. The molecule has 4 nitrogen and oxygen atoms in total. The van der Waals surface area contributed by atoms with Gasteiger partial charge >= 0.3 is 0 Å². The van der Waals surface area contributed by atoms with Crippen molar-refractivity contribution in [2.75, 3.05) is 4.72 Å². The quantitative estimate of drug-likeness (QED) is 0.795. The summed E-state index contributed by atoms with van der Waals surface area (Å²) in [5.41, 5.74) is 2.03. The lowest BCUT2D eigenvalue weighted by Crippen LogP contribution is -2.10. The van der Waals surface area contributed by atoms with Crippen LogP contribution in [0.25, 0.3) is 10.2 Å². The minimum Gasteiger partial charge on any atom is -0.254 e. The molecule has 0 aliphatic carbocycles. The Morgan fingerprint density at radius 3 is 2.85 bits per heavy atom. The average molecular weight is 324 g/mol. The molecular formula is C13H12N2O2S3. The number of aromatic nitrogens is 1. The summed E-state index contributed by atoms with van der Waals surface area (Å²) < 4.78 is 28.1. The Labute approximate surface area is 125 Å². The second-order valence-electron chi connectivity index (χ2n) is 4.21. The van der Waals surface area contributed by atoms with Crippen LogP contribution in [0.1, 0.15) is 12.5 Å². The monoisotopic (exact) mass is 324 g/mol. The molecule has 0 spiro atoms. The lowest BCUT2D eigenvalue weighted by molar-refractivity contribution is 0.603. The zero-order chi connectivity index (χ0) is 14.2. The van der Waals surface area contributed by atoms with Crippen LogP contribution in [0.3, 0.4) is 0 Å². The van der Waals surface area contributed by atoms with Gasteiger partial charge in [-0.2, -0.15) is 0 Å². The summed E-state index contributed by atoms with van der Waals surface area (Å²) in [6.07, 6.45) is 0.949. The first kappa shape index (κ1) is 13.5. The van der Waals surface area contributed by atoms with Crippen molar-refractivity contribution in [2.24, 2.45) is 0 Å². The minimum atomic E-state index is -3.52. The number of hydrogen-bond acceptors (Lipinski definition) is 5. The van der Waals surface area contributed by atoms with Crippen molar-refractivity contribution in [3.63, 3.8) is 0 Å². The number of hydrogen-bond donors (Lipinski definition) is 1. The molecule has 1 aromatic carbocycles. The second kappa shape index (κ2) is 5.16. The molecule has 1 N–H and O–H groups in total. The highest BCUT2D eigenvalue weighted by atomic mass is 32.2. The fourth-order valence-electron chi connectivity index (χ4n) is 1.81. The molecule has 2 aromatic heterocycles. The highest BCUT2D eigenvalue weighted by Crippen LogP contribution is 2.29. The van der Waals surface area contributed by atoms with E-state index < -0.39 is 10.0 Å². The first-order valence-corrected chi connectivity index (χ1v) is 9.22. The van der Waals surface area contributed by atoms with Crippen molar-refractivity contribution in [1.29, 1.82) is 0 Å². The number of sulfonamides is 1. The molecule has 2 heterocycles. The molecule has 0 aliphatic rings. The lowest BCUT2D eigenvalue weighted by Gasteiger charge is -2.00. The van der Waals surface area contributed by atoms with Crippen LogP contribution in [0.2, 0.25) is 0 Å². The Bertz CT molecular complexity index is 836. The van der Waals surface area contributed by atoms with E-state index in [0.717, 1.165) is 16.6 Å². The fraction of sp³-hybridized carbons (Fsp3) is 0.154. The molecule has 0 saturated heterocycles. The van der Waals surface area contributed by atoms with Gasteiger partial charge in [-0.15, -0.1) is 11.3 Å². The van der Waals surface area contributed by atoms with Gasteiger partial charge in [-0.3, -0.25) is 4.72 Å². The second-order valence-corrected chi connectivity index (χ2v) is 8.10. The van der Waals surface area contributed by atoms with Gasteiger partial charge < -0.3 is 0 Å². The van der Waals surface area contributed by atoms with E-state index in [4.69, 9.17) is 0 Å². The van der Waals surface area contributed by atoms with Crippen molar-refractivity contribution in [3.05, 3.63) is 41.3 Å². The van der Waals surface area contributed by atoms with Gasteiger partial charge in [0.1, 0.15) is 4.21 Å². The number of anilines is 1. The van der Waals surface area contributed by atoms with Crippen molar-refractivity contribution in [1.82, 2.24) is 4.98 Å². The van der Waals surface area contributed by atoms with E-state index in [1.165, 1.54) is 28.2 Å². The fourth-order valence-corrected chi connectivity index (χ4v) is 4.97. The molecule has 0 bridgehead atoms. The summed E-state index contributed by atoms with van der Waals surface area (Å²) in [6, 6.07) is 9.28. The van der Waals surface area contributed by atoms with Crippen LogP contribution in [-0.2, 0) is 16.4 Å². The first-order chi connectivity index (χ1) is 9.58. The maximum Gasteiger partial charge on any atom is 0.273 e. The zero-order valence-corrected chi connectivity index (χ0v) is 13.1. The summed E-state index contributed by atoms with van der Waals surface area (Å²) >= 11 is 2.54. The number of nitrogens with one attached hydrogen (secondary N) is 1. The van der Waals surface area contributed by atoms with Gasteiger partial charge in [-0.25, -0.2) is 13.4 Å². The third-order valence-electron chi connectivity index (χ3n) is 2.84. The minimum absolute atomic E-state index is 0.297. The average Bonchev–Trinajstić information content (AvgIpc) is 3.06. The normalized spacial score (nSPS) is 11.8. The Morgan fingerprint density at radius 1 is 1.30 bits per heavy atom. The third kappa shape index (κ3) is 2.56. The zero-order valence-electron chi connectivity index (χ0n) is 10.7. The van der Waals surface area contributed by atoms with Crippen LogP contribution in [0.5, 0.6) is 0 Å². The van der Waals surface area contributed by atoms with Crippen LogP contribution in [-0.4, -0.2) is 13.4 Å². The van der Waals surface area contributed by atoms with Crippen molar-refractivity contribution in [2.45, 2.75) is 17.6 Å². The summed E-state index contributed by atoms with van der Waals surface area (Å²) in [7, 11) is -3.52. The summed E-state index contributed by atoms with van der Waals surface area (Å²) in [5, 5.41) is 2.14. The van der Waals surface area contributed by atoms with Crippen LogP contribution >= 0.6 is 22.7 Å². The summed E-state index contributed by atoms with van der Waals surface area (Å²) in [4.78, 5) is 4.32. The van der Waals surface area contributed by atoms with E-state index in [-0.39, 0.29) is 0 Å². The molecule has 3 aromatic rings. The molecule has 3 rings (SSSR count). The van der Waals surface area contributed by atoms with Gasteiger partial charge in [0.25, 0.3) is 10.0 Å². The predicted molar refractivity (Wildman–Crippen MR) is 84.1 cm³/mol. The molecule has 0 amide bonds. The van der Waals surface area contributed by atoms with Gasteiger partial charge in [0.15, 0.2) is 5.13 Å². The molecule has 7 heteroatoms. The summed E-state index contributed by atoms with van der Waals surface area (Å²) in [6.45, 7) is 2.09. The number of fused-ring (bicyclic) bond motifs is 1. The summed E-state index contributed by atoms with van der Waals surface area (Å²) in [5.74, 6) is 0. The number of thiophene rings is 1. The highest BCUT2D eigenvalue weighted by Gasteiger charge is 2.17. The number of aryl methyl sites for hydroxylation is 1. The van der Waals surface area contributed by atoms with E-state index in [2.05, 4.69) is 22.7 Å². The molecule has 0 saturated carbocycles. The molecule has 20 heavy (non-hydrogen) atoms. The van der Waals surface area contributed by atoms with E-state index >= 15 is 0 Å². The number of benzene rings is 1. The molecular weight excluding hydrogens is 312 g/mol. The maximum absolute atomic E-state index is 12.1. The molecule has 0 aliphatic heterocycles. The van der Waals surface area contributed by atoms with Gasteiger partial charge in [-0.05, 0) is 35.6 Å². The maximum atomic E-state index is 12.1. The van der Waals surface area contributed by atoms with Gasteiger partial charge in [-0.1, -0.05) is 30.4 Å². The molecule has 0 fully saturated rings. The molecule has 104 valence electrons. The van der Waals surface area contributed by atoms with Crippen molar-refractivity contribution >= 4 is 48.0 Å². The van der Waals surface area contributed by atoms with E-state index in [9.17, 15) is 8.42 Å². The Kier molecular flexibility index (Phi) is 3.49. The van der Waals surface area contributed by atoms with Gasteiger partial charge in [0.2, 0.25) is 0 Å². The van der Waals surface area contributed by atoms with Crippen molar-refractivity contribution in [3.8, 4) is 0 Å². The van der Waals surface area contributed by atoms with Gasteiger partial charge in [0, 0.05) is 0 Å². The molecule has 0 unspecified atom stereocenters. The molecule has 0 radical (unpaired) electrons. The smallest absolute Gasteiger partial charge is 0.254 e. The lowest BCUT2D eigenvalue weighted by atomic mass is 10.2. The highest BCUT2D eigenvalue weighted by molar-refractivity contribution is 7.94. The van der Waals surface area contributed by atoms with Gasteiger partial charge in [0.05, 0.1) is 10.2 Å². The van der Waals surface area contributed by atoms with E-state index in [1.807, 2.05) is 12.1 Å². The van der Waals surface area contributed by atoms with Crippen LogP contribution in [0.4, 0.5) is 5.13 Å². The Balaban J connectivity index is 1.95. The first-order valence-electron chi connectivity index (χ1n) is 6.04. The molecule has 0 atom stereocenters. The Morgan fingerprint density at radius 2 is 2.15 bits per heavy atom. The van der Waals surface area contributed by atoms with Crippen LogP contribution < -0.4 is 4.72 Å².